The largest absolute Gasteiger partial charge is 0.326 e. The summed E-state index contributed by atoms with van der Waals surface area (Å²) in [5.74, 6) is 0.682. The fourth-order valence-corrected chi connectivity index (χ4v) is 5.31. The summed E-state index contributed by atoms with van der Waals surface area (Å²) >= 11 is 12.7. The number of amides is 2. The van der Waals surface area contributed by atoms with Crippen LogP contribution in [0.25, 0.3) is 0 Å². The molecule has 0 spiro atoms. The molecule has 0 radical (unpaired) electrons. The van der Waals surface area contributed by atoms with Crippen molar-refractivity contribution in [2.45, 2.75) is 51.4 Å². The number of carbonyl (C=O) groups excluding carboxylic acids is 2. The molecule has 0 aromatic heterocycles. The minimum Gasteiger partial charge on any atom is -0.326 e. The van der Waals surface area contributed by atoms with Crippen LogP contribution in [0.2, 0.25) is 10.0 Å². The maximum Gasteiger partial charge on any atom is 0.227 e. The molecule has 0 bridgehead atoms. The van der Waals surface area contributed by atoms with Gasteiger partial charge in [0.25, 0.3) is 0 Å². The zero-order valence-electron chi connectivity index (χ0n) is 17.6. The van der Waals surface area contributed by atoms with E-state index in [-0.39, 0.29) is 17.7 Å². The standard InChI is InChI=1S/C25H28Cl2N2O2/c26-21-7-4-8-22(27)24(21)29-16-18(11-14-23(29)30)15-17-9-12-20(13-10-17)28-25(31)19-5-2-1-3-6-19/h4,7-10,12-13,18-19H,1-3,5-6,11,14-16H2,(H,28,31). The van der Waals surface area contributed by atoms with Crippen LogP contribution >= 0.6 is 23.2 Å². The number of anilines is 2. The molecule has 1 aliphatic heterocycles. The van der Waals surface area contributed by atoms with Crippen LogP contribution in [0.5, 0.6) is 0 Å². The first-order chi connectivity index (χ1) is 15.0. The molecule has 1 saturated heterocycles. The Morgan fingerprint density at radius 3 is 2.32 bits per heavy atom. The van der Waals surface area contributed by atoms with Gasteiger partial charge in [0.05, 0.1) is 15.7 Å². The predicted octanol–water partition coefficient (Wildman–Crippen LogP) is 6.50. The van der Waals surface area contributed by atoms with Crippen molar-refractivity contribution in [1.82, 2.24) is 0 Å². The number of halogens is 2. The average Bonchev–Trinajstić information content (AvgIpc) is 2.77. The van der Waals surface area contributed by atoms with Crippen molar-refractivity contribution in [2.24, 2.45) is 11.8 Å². The second-order valence-electron chi connectivity index (χ2n) is 8.70. The molecule has 1 N–H and O–H groups in total. The molecule has 2 amide bonds. The molecular formula is C25H28Cl2N2O2. The quantitative estimate of drug-likeness (QED) is 0.555. The van der Waals surface area contributed by atoms with E-state index in [0.29, 0.717) is 34.6 Å². The normalized spacial score (nSPS) is 20.0. The Morgan fingerprint density at radius 1 is 0.968 bits per heavy atom. The highest BCUT2D eigenvalue weighted by Crippen LogP contribution is 2.37. The first kappa shape index (κ1) is 22.2. The average molecular weight is 459 g/mol. The van der Waals surface area contributed by atoms with Gasteiger partial charge in [0, 0.05) is 24.6 Å². The molecule has 4 rings (SSSR count). The highest BCUT2D eigenvalue weighted by molar-refractivity contribution is 6.39. The third-order valence-electron chi connectivity index (χ3n) is 6.44. The molecule has 1 saturated carbocycles. The van der Waals surface area contributed by atoms with Gasteiger partial charge in [-0.25, -0.2) is 0 Å². The number of hydrogen-bond acceptors (Lipinski definition) is 2. The Morgan fingerprint density at radius 2 is 1.65 bits per heavy atom. The smallest absolute Gasteiger partial charge is 0.227 e. The maximum atomic E-state index is 12.5. The number of para-hydroxylation sites is 1. The second kappa shape index (κ2) is 10.1. The zero-order valence-corrected chi connectivity index (χ0v) is 19.1. The molecule has 164 valence electrons. The Bertz CT molecular complexity index is 919. The fraction of sp³-hybridized carbons (Fsp3) is 0.440. The highest BCUT2D eigenvalue weighted by atomic mass is 35.5. The number of hydrogen-bond donors (Lipinski definition) is 1. The van der Waals surface area contributed by atoms with Gasteiger partial charge in [-0.05, 0) is 61.4 Å². The van der Waals surface area contributed by atoms with Gasteiger partial charge in [0.2, 0.25) is 11.8 Å². The number of nitrogens with zero attached hydrogens (tertiary/aromatic N) is 1. The molecule has 31 heavy (non-hydrogen) atoms. The van der Waals surface area contributed by atoms with E-state index in [1.165, 1.54) is 12.0 Å². The van der Waals surface area contributed by atoms with Crippen LogP contribution < -0.4 is 10.2 Å². The zero-order chi connectivity index (χ0) is 21.8. The van der Waals surface area contributed by atoms with Gasteiger partial charge in [-0.2, -0.15) is 0 Å². The number of benzene rings is 2. The van der Waals surface area contributed by atoms with Crippen molar-refractivity contribution < 1.29 is 9.59 Å². The summed E-state index contributed by atoms with van der Waals surface area (Å²) in [6.07, 6.45) is 7.73. The number of carbonyl (C=O) groups is 2. The van der Waals surface area contributed by atoms with Gasteiger partial charge in [0.1, 0.15) is 0 Å². The van der Waals surface area contributed by atoms with Gasteiger partial charge in [0.15, 0.2) is 0 Å². The van der Waals surface area contributed by atoms with Crippen LogP contribution in [0.15, 0.2) is 42.5 Å². The summed E-state index contributed by atoms with van der Waals surface area (Å²) in [6, 6.07) is 13.4. The van der Waals surface area contributed by atoms with E-state index in [1.807, 2.05) is 12.1 Å². The molecule has 1 aliphatic carbocycles. The van der Waals surface area contributed by atoms with E-state index in [2.05, 4.69) is 17.4 Å². The first-order valence-corrected chi connectivity index (χ1v) is 11.9. The van der Waals surface area contributed by atoms with Crippen molar-refractivity contribution in [2.75, 3.05) is 16.8 Å². The van der Waals surface area contributed by atoms with Crippen molar-refractivity contribution in [3.05, 3.63) is 58.1 Å². The summed E-state index contributed by atoms with van der Waals surface area (Å²) in [7, 11) is 0. The van der Waals surface area contributed by atoms with Gasteiger partial charge >= 0.3 is 0 Å². The van der Waals surface area contributed by atoms with E-state index >= 15 is 0 Å². The fourth-order valence-electron chi connectivity index (χ4n) is 4.71. The van der Waals surface area contributed by atoms with Crippen LogP contribution in [-0.2, 0) is 16.0 Å². The first-order valence-electron chi connectivity index (χ1n) is 11.2. The Hall–Kier alpha value is -2.04. The van der Waals surface area contributed by atoms with Gasteiger partial charge in [-0.1, -0.05) is 60.7 Å². The topological polar surface area (TPSA) is 49.4 Å². The molecule has 1 atom stereocenters. The van der Waals surface area contributed by atoms with Crippen LogP contribution in [-0.4, -0.2) is 18.4 Å². The van der Waals surface area contributed by atoms with Crippen molar-refractivity contribution in [3.63, 3.8) is 0 Å². The van der Waals surface area contributed by atoms with E-state index in [1.54, 1.807) is 23.1 Å². The molecule has 2 aromatic rings. The molecule has 2 aliphatic rings. The number of nitrogens with one attached hydrogen (secondary N) is 1. The third-order valence-corrected chi connectivity index (χ3v) is 7.05. The molecule has 1 heterocycles. The van der Waals surface area contributed by atoms with E-state index in [4.69, 9.17) is 23.2 Å². The number of piperidine rings is 1. The van der Waals surface area contributed by atoms with Crippen LogP contribution in [0.3, 0.4) is 0 Å². The predicted molar refractivity (Wildman–Crippen MR) is 127 cm³/mol. The lowest BCUT2D eigenvalue weighted by atomic mass is 9.88. The number of rotatable bonds is 5. The van der Waals surface area contributed by atoms with Crippen molar-refractivity contribution >= 4 is 46.4 Å². The monoisotopic (exact) mass is 458 g/mol. The molecule has 6 heteroatoms. The summed E-state index contributed by atoms with van der Waals surface area (Å²) in [4.78, 5) is 26.7. The highest BCUT2D eigenvalue weighted by Gasteiger charge is 2.29. The molecule has 2 aromatic carbocycles. The third kappa shape index (κ3) is 5.42. The van der Waals surface area contributed by atoms with Gasteiger partial charge in [-0.15, -0.1) is 0 Å². The van der Waals surface area contributed by atoms with Crippen LogP contribution in [0.1, 0.15) is 50.5 Å². The lowest BCUT2D eigenvalue weighted by Gasteiger charge is -2.33. The Labute approximate surface area is 193 Å². The van der Waals surface area contributed by atoms with Crippen molar-refractivity contribution in [1.29, 1.82) is 0 Å². The molecular weight excluding hydrogens is 431 g/mol. The Kier molecular flexibility index (Phi) is 7.19. The minimum absolute atomic E-state index is 0.0621. The minimum atomic E-state index is 0.0621. The summed E-state index contributed by atoms with van der Waals surface area (Å²) in [6.45, 7) is 0.600. The van der Waals surface area contributed by atoms with Crippen LogP contribution in [0.4, 0.5) is 11.4 Å². The van der Waals surface area contributed by atoms with E-state index in [0.717, 1.165) is 44.2 Å². The summed E-state index contributed by atoms with van der Waals surface area (Å²) in [5, 5.41) is 4.07. The van der Waals surface area contributed by atoms with Gasteiger partial charge in [-0.3, -0.25) is 9.59 Å². The SMILES string of the molecule is O=C(Nc1ccc(CC2CCC(=O)N(c3c(Cl)cccc3Cl)C2)cc1)C1CCCCC1. The van der Waals surface area contributed by atoms with Gasteiger partial charge < -0.3 is 10.2 Å². The molecule has 4 nitrogen and oxygen atoms in total. The van der Waals surface area contributed by atoms with E-state index in [9.17, 15) is 9.59 Å². The molecule has 2 fully saturated rings. The maximum absolute atomic E-state index is 12.5. The van der Waals surface area contributed by atoms with E-state index < -0.39 is 0 Å². The lowest BCUT2D eigenvalue weighted by molar-refractivity contribution is -0.121. The summed E-state index contributed by atoms with van der Waals surface area (Å²) < 4.78 is 0. The lowest BCUT2D eigenvalue weighted by Crippen LogP contribution is -2.41. The second-order valence-corrected chi connectivity index (χ2v) is 9.52. The van der Waals surface area contributed by atoms with Crippen LogP contribution in [0, 0.1) is 11.8 Å². The summed E-state index contributed by atoms with van der Waals surface area (Å²) in [5.41, 5.74) is 2.66. The Balaban J connectivity index is 1.37. The molecule has 1 unspecified atom stereocenters. The van der Waals surface area contributed by atoms with Crippen molar-refractivity contribution in [3.8, 4) is 0 Å².